The number of rotatable bonds is 5. The number of carbonyl (C=O) groups is 1. The molecule has 0 atom stereocenters. The van der Waals surface area contributed by atoms with E-state index in [4.69, 9.17) is 11.6 Å². The lowest BCUT2D eigenvalue weighted by Gasteiger charge is -2.08. The first-order valence-corrected chi connectivity index (χ1v) is 7.47. The summed E-state index contributed by atoms with van der Waals surface area (Å²) < 4.78 is 0. The van der Waals surface area contributed by atoms with Crippen molar-refractivity contribution in [2.24, 2.45) is 0 Å². The van der Waals surface area contributed by atoms with Gasteiger partial charge in [0.05, 0.1) is 0 Å². The van der Waals surface area contributed by atoms with E-state index in [-0.39, 0.29) is 6.03 Å². The van der Waals surface area contributed by atoms with Crippen molar-refractivity contribution in [2.45, 2.75) is 26.2 Å². The summed E-state index contributed by atoms with van der Waals surface area (Å²) in [4.78, 5) is 11.9. The number of nitrogens with one attached hydrogen (secondary N) is 2. The number of unbranched alkanes of at least 4 members (excludes halogenated alkanes) is 1. The summed E-state index contributed by atoms with van der Waals surface area (Å²) in [5, 5.41) is 6.21. The van der Waals surface area contributed by atoms with Gasteiger partial charge >= 0.3 is 6.03 Å². The van der Waals surface area contributed by atoms with Crippen molar-refractivity contribution in [2.75, 3.05) is 10.6 Å². The summed E-state index contributed by atoms with van der Waals surface area (Å²) in [6.45, 7) is 2.18. The Kier molecular flexibility index (Phi) is 5.64. The molecule has 3 nitrogen and oxygen atoms in total. The zero-order valence-corrected chi connectivity index (χ0v) is 12.8. The molecule has 2 aromatic carbocycles. The van der Waals surface area contributed by atoms with Crippen LogP contribution in [0.4, 0.5) is 16.2 Å². The second kappa shape index (κ2) is 7.70. The van der Waals surface area contributed by atoms with Gasteiger partial charge in [0.1, 0.15) is 0 Å². The van der Waals surface area contributed by atoms with E-state index in [0.29, 0.717) is 10.7 Å². The van der Waals surface area contributed by atoms with Gasteiger partial charge in [-0.15, -0.1) is 0 Å². The van der Waals surface area contributed by atoms with Crippen molar-refractivity contribution in [3.63, 3.8) is 0 Å². The summed E-state index contributed by atoms with van der Waals surface area (Å²) in [6.07, 6.45) is 3.45. The third-order valence-corrected chi connectivity index (χ3v) is 3.38. The number of hydrogen-bond acceptors (Lipinski definition) is 1. The largest absolute Gasteiger partial charge is 0.323 e. The van der Waals surface area contributed by atoms with Crippen LogP contribution in [-0.4, -0.2) is 6.03 Å². The van der Waals surface area contributed by atoms with Crippen LogP contribution in [0.3, 0.4) is 0 Å². The average molecular weight is 303 g/mol. The smallest absolute Gasteiger partial charge is 0.308 e. The highest BCUT2D eigenvalue weighted by Crippen LogP contribution is 2.15. The van der Waals surface area contributed by atoms with Crippen LogP contribution >= 0.6 is 11.6 Å². The van der Waals surface area contributed by atoms with Gasteiger partial charge in [0.15, 0.2) is 0 Å². The lowest BCUT2D eigenvalue weighted by molar-refractivity contribution is 0.262. The number of hydrogen-bond donors (Lipinski definition) is 2. The van der Waals surface area contributed by atoms with Crippen molar-refractivity contribution < 1.29 is 4.79 Å². The highest BCUT2D eigenvalue weighted by Gasteiger charge is 2.02. The summed E-state index contributed by atoms with van der Waals surface area (Å²) in [5.74, 6) is 0. The molecule has 0 spiro atoms. The number of anilines is 2. The molecule has 0 aliphatic rings. The predicted octanol–water partition coefficient (Wildman–Crippen LogP) is 5.33. The zero-order valence-electron chi connectivity index (χ0n) is 12.0. The Balaban J connectivity index is 1.88. The maximum Gasteiger partial charge on any atom is 0.323 e. The predicted molar refractivity (Wildman–Crippen MR) is 89.1 cm³/mol. The van der Waals surface area contributed by atoms with Crippen LogP contribution in [0.25, 0.3) is 0 Å². The molecular formula is C17H19ClN2O. The molecule has 2 aromatic rings. The average Bonchev–Trinajstić information content (AvgIpc) is 2.49. The summed E-state index contributed by atoms with van der Waals surface area (Å²) >= 11 is 5.80. The van der Waals surface area contributed by atoms with Crippen LogP contribution in [-0.2, 0) is 6.42 Å². The van der Waals surface area contributed by atoms with E-state index in [0.717, 1.165) is 12.1 Å². The SMILES string of the molecule is CCCCc1ccc(NC(=O)Nc2ccc(Cl)cc2)cc1. The van der Waals surface area contributed by atoms with Crippen LogP contribution in [0.15, 0.2) is 48.5 Å². The second-order valence-corrected chi connectivity index (χ2v) is 5.32. The number of amides is 2. The molecule has 2 rings (SSSR count). The number of halogens is 1. The fourth-order valence-corrected chi connectivity index (χ4v) is 2.09. The molecule has 0 heterocycles. The van der Waals surface area contributed by atoms with Gasteiger partial charge in [0, 0.05) is 16.4 Å². The molecule has 4 heteroatoms. The molecule has 0 aliphatic heterocycles. The first-order valence-electron chi connectivity index (χ1n) is 7.10. The van der Waals surface area contributed by atoms with Crippen molar-refractivity contribution in [3.05, 3.63) is 59.1 Å². The number of carbonyl (C=O) groups excluding carboxylic acids is 1. The molecule has 0 saturated heterocycles. The molecule has 21 heavy (non-hydrogen) atoms. The van der Waals surface area contributed by atoms with E-state index >= 15 is 0 Å². The Morgan fingerprint density at radius 3 is 2.00 bits per heavy atom. The normalized spacial score (nSPS) is 10.2. The van der Waals surface area contributed by atoms with Crippen LogP contribution < -0.4 is 10.6 Å². The van der Waals surface area contributed by atoms with Crippen molar-refractivity contribution in [1.29, 1.82) is 0 Å². The lowest BCUT2D eigenvalue weighted by atomic mass is 10.1. The lowest BCUT2D eigenvalue weighted by Crippen LogP contribution is -2.19. The number of benzene rings is 2. The number of urea groups is 1. The van der Waals surface area contributed by atoms with Gasteiger partial charge in [-0.1, -0.05) is 37.1 Å². The molecule has 0 aliphatic carbocycles. The van der Waals surface area contributed by atoms with Gasteiger partial charge in [-0.05, 0) is 54.8 Å². The fourth-order valence-electron chi connectivity index (χ4n) is 1.96. The third kappa shape index (κ3) is 5.12. The van der Waals surface area contributed by atoms with E-state index in [1.165, 1.54) is 18.4 Å². The highest BCUT2D eigenvalue weighted by atomic mass is 35.5. The monoisotopic (exact) mass is 302 g/mol. The molecule has 0 unspecified atom stereocenters. The van der Waals surface area contributed by atoms with Gasteiger partial charge in [-0.25, -0.2) is 4.79 Å². The standard InChI is InChI=1S/C17H19ClN2O/c1-2-3-4-13-5-9-15(10-6-13)19-17(21)20-16-11-7-14(18)8-12-16/h5-12H,2-4H2,1H3,(H2,19,20,21). The van der Waals surface area contributed by atoms with Crippen LogP contribution in [0.5, 0.6) is 0 Å². The van der Waals surface area contributed by atoms with Gasteiger partial charge in [-0.3, -0.25) is 0 Å². The molecule has 0 fully saturated rings. The summed E-state index contributed by atoms with van der Waals surface area (Å²) in [5.41, 5.74) is 2.78. The Morgan fingerprint density at radius 2 is 1.48 bits per heavy atom. The maximum absolute atomic E-state index is 11.9. The quantitative estimate of drug-likeness (QED) is 0.770. The topological polar surface area (TPSA) is 41.1 Å². The van der Waals surface area contributed by atoms with E-state index in [9.17, 15) is 4.79 Å². The molecular weight excluding hydrogens is 284 g/mol. The van der Waals surface area contributed by atoms with Gasteiger partial charge in [0.25, 0.3) is 0 Å². The molecule has 0 saturated carbocycles. The highest BCUT2D eigenvalue weighted by molar-refractivity contribution is 6.30. The molecule has 2 amide bonds. The van der Waals surface area contributed by atoms with E-state index < -0.39 is 0 Å². The molecule has 0 radical (unpaired) electrons. The maximum atomic E-state index is 11.9. The minimum atomic E-state index is -0.265. The first-order chi connectivity index (χ1) is 10.2. The minimum Gasteiger partial charge on any atom is -0.308 e. The van der Waals surface area contributed by atoms with Gasteiger partial charge in [0.2, 0.25) is 0 Å². The molecule has 0 bridgehead atoms. The van der Waals surface area contributed by atoms with E-state index in [1.54, 1.807) is 24.3 Å². The van der Waals surface area contributed by atoms with Crippen LogP contribution in [0, 0.1) is 0 Å². The minimum absolute atomic E-state index is 0.265. The Bertz CT molecular complexity index is 579. The van der Waals surface area contributed by atoms with Crippen molar-refractivity contribution in [3.8, 4) is 0 Å². The van der Waals surface area contributed by atoms with Crippen LogP contribution in [0.1, 0.15) is 25.3 Å². The molecule has 110 valence electrons. The van der Waals surface area contributed by atoms with Crippen molar-refractivity contribution in [1.82, 2.24) is 0 Å². The second-order valence-electron chi connectivity index (χ2n) is 4.89. The Hall–Kier alpha value is -2.00. The molecule has 2 N–H and O–H groups in total. The van der Waals surface area contributed by atoms with Crippen molar-refractivity contribution >= 4 is 29.0 Å². The van der Waals surface area contributed by atoms with E-state index in [1.807, 2.05) is 24.3 Å². The Morgan fingerprint density at radius 1 is 0.952 bits per heavy atom. The summed E-state index contributed by atoms with van der Waals surface area (Å²) in [7, 11) is 0. The summed E-state index contributed by atoms with van der Waals surface area (Å²) in [6, 6.07) is 14.7. The zero-order chi connectivity index (χ0) is 15.1. The molecule has 0 aromatic heterocycles. The van der Waals surface area contributed by atoms with Gasteiger partial charge < -0.3 is 10.6 Å². The van der Waals surface area contributed by atoms with Gasteiger partial charge in [-0.2, -0.15) is 0 Å². The number of aryl methyl sites for hydroxylation is 1. The van der Waals surface area contributed by atoms with E-state index in [2.05, 4.69) is 17.6 Å². The fraction of sp³-hybridized carbons (Fsp3) is 0.235. The first kappa shape index (κ1) is 15.4. The van der Waals surface area contributed by atoms with Crippen LogP contribution in [0.2, 0.25) is 5.02 Å². The Labute approximate surface area is 130 Å². The third-order valence-electron chi connectivity index (χ3n) is 3.13.